The minimum absolute atomic E-state index is 0.581. The summed E-state index contributed by atoms with van der Waals surface area (Å²) in [5.74, 6) is 1.77. The Kier molecular flexibility index (Phi) is 3.43. The van der Waals surface area contributed by atoms with Gasteiger partial charge in [0.05, 0.1) is 11.0 Å². The fourth-order valence-electron chi connectivity index (χ4n) is 3.87. The molecule has 2 fully saturated rings. The van der Waals surface area contributed by atoms with Crippen LogP contribution < -0.4 is 0 Å². The van der Waals surface area contributed by atoms with Gasteiger partial charge in [0, 0.05) is 18.5 Å². The van der Waals surface area contributed by atoms with Crippen LogP contribution >= 0.6 is 0 Å². The van der Waals surface area contributed by atoms with Crippen LogP contribution in [0.1, 0.15) is 31.0 Å². The Morgan fingerprint density at radius 3 is 2.71 bits per heavy atom. The van der Waals surface area contributed by atoms with Crippen molar-refractivity contribution in [1.29, 1.82) is 0 Å². The molecule has 0 radical (unpaired) electrons. The molecule has 2 aliphatic heterocycles. The van der Waals surface area contributed by atoms with Gasteiger partial charge in [-0.1, -0.05) is 12.1 Å². The van der Waals surface area contributed by atoms with Crippen LogP contribution in [0.4, 0.5) is 0 Å². The van der Waals surface area contributed by atoms with Gasteiger partial charge in [-0.25, -0.2) is 4.98 Å². The average Bonchev–Trinajstić information content (AvgIpc) is 3.14. The summed E-state index contributed by atoms with van der Waals surface area (Å²) in [6.45, 7) is 4.90. The molecule has 0 spiro atoms. The van der Waals surface area contributed by atoms with Crippen LogP contribution in [0.3, 0.4) is 0 Å². The Balaban J connectivity index is 1.46. The number of hydrogen-bond acceptors (Lipinski definition) is 3. The first-order chi connectivity index (χ1) is 10.3. The number of hydrogen-bond donors (Lipinski definition) is 1. The maximum absolute atomic E-state index is 4.80. The number of imidazole rings is 1. The smallest absolute Gasteiger partial charge is 0.111 e. The monoisotopic (exact) mass is 284 g/mol. The summed E-state index contributed by atoms with van der Waals surface area (Å²) in [7, 11) is 2.23. The molecule has 1 atom stereocenters. The van der Waals surface area contributed by atoms with E-state index in [2.05, 4.69) is 46.1 Å². The SMILES string of the molecule is CN1CCC(N2CCC(c3nc4ccccc4[nH]3)C2)CC1. The van der Waals surface area contributed by atoms with Gasteiger partial charge in [0.15, 0.2) is 0 Å². The van der Waals surface area contributed by atoms with Crippen LogP contribution in [0, 0.1) is 0 Å². The molecule has 1 aromatic heterocycles. The van der Waals surface area contributed by atoms with Crippen molar-refractivity contribution in [3.63, 3.8) is 0 Å². The molecule has 2 saturated heterocycles. The van der Waals surface area contributed by atoms with Crippen molar-refractivity contribution < 1.29 is 0 Å². The van der Waals surface area contributed by atoms with E-state index in [0.717, 1.165) is 11.6 Å². The van der Waals surface area contributed by atoms with E-state index in [9.17, 15) is 0 Å². The lowest BCUT2D eigenvalue weighted by Gasteiger charge is -2.35. The quantitative estimate of drug-likeness (QED) is 0.920. The number of H-pyrrole nitrogens is 1. The van der Waals surface area contributed by atoms with Gasteiger partial charge in [-0.3, -0.25) is 4.90 Å². The zero-order valence-corrected chi connectivity index (χ0v) is 12.8. The van der Waals surface area contributed by atoms with Gasteiger partial charge in [0.2, 0.25) is 0 Å². The normalized spacial score (nSPS) is 25.9. The largest absolute Gasteiger partial charge is 0.342 e. The minimum atomic E-state index is 0.581. The number of para-hydroxylation sites is 2. The van der Waals surface area contributed by atoms with Crippen molar-refractivity contribution >= 4 is 11.0 Å². The van der Waals surface area contributed by atoms with Crippen molar-refractivity contribution in [2.45, 2.75) is 31.2 Å². The molecule has 112 valence electrons. The lowest BCUT2D eigenvalue weighted by Crippen LogP contribution is -2.42. The second kappa shape index (κ2) is 5.43. The first-order valence-electron chi connectivity index (χ1n) is 8.17. The molecule has 4 rings (SSSR count). The first-order valence-corrected chi connectivity index (χ1v) is 8.17. The van der Waals surface area contributed by atoms with Crippen molar-refractivity contribution in [1.82, 2.24) is 19.8 Å². The first kappa shape index (κ1) is 13.3. The summed E-state index contributed by atoms with van der Waals surface area (Å²) in [5.41, 5.74) is 2.27. The molecule has 4 nitrogen and oxygen atoms in total. The van der Waals surface area contributed by atoms with Crippen LogP contribution in [-0.4, -0.2) is 59.0 Å². The maximum Gasteiger partial charge on any atom is 0.111 e. The summed E-state index contributed by atoms with van der Waals surface area (Å²) in [4.78, 5) is 13.5. The molecule has 0 amide bonds. The van der Waals surface area contributed by atoms with Crippen molar-refractivity contribution in [2.24, 2.45) is 0 Å². The number of nitrogens with one attached hydrogen (secondary N) is 1. The van der Waals surface area contributed by atoms with Crippen LogP contribution in [0.15, 0.2) is 24.3 Å². The summed E-state index contributed by atoms with van der Waals surface area (Å²) < 4.78 is 0. The summed E-state index contributed by atoms with van der Waals surface area (Å²) in [6, 6.07) is 9.14. The Morgan fingerprint density at radius 1 is 1.10 bits per heavy atom. The molecule has 21 heavy (non-hydrogen) atoms. The summed E-state index contributed by atoms with van der Waals surface area (Å²) >= 11 is 0. The lowest BCUT2D eigenvalue weighted by molar-refractivity contribution is 0.142. The average molecular weight is 284 g/mol. The highest BCUT2D eigenvalue weighted by Crippen LogP contribution is 2.30. The number of fused-ring (bicyclic) bond motifs is 1. The van der Waals surface area contributed by atoms with Crippen LogP contribution in [0.2, 0.25) is 0 Å². The van der Waals surface area contributed by atoms with Gasteiger partial charge in [-0.15, -0.1) is 0 Å². The molecule has 0 saturated carbocycles. The third-order valence-corrected chi connectivity index (χ3v) is 5.22. The standard InChI is InChI=1S/C17H24N4/c1-20-9-7-14(8-10-20)21-11-6-13(12-21)17-18-15-4-2-3-5-16(15)19-17/h2-5,13-14H,6-12H2,1H3,(H,18,19). The van der Waals surface area contributed by atoms with Crippen LogP contribution in [-0.2, 0) is 0 Å². The molecule has 1 N–H and O–H groups in total. The minimum Gasteiger partial charge on any atom is -0.342 e. The van der Waals surface area contributed by atoms with Crippen LogP contribution in [0.25, 0.3) is 11.0 Å². The maximum atomic E-state index is 4.80. The fourth-order valence-corrected chi connectivity index (χ4v) is 3.87. The summed E-state index contributed by atoms with van der Waals surface area (Å²) in [6.07, 6.45) is 3.89. The topological polar surface area (TPSA) is 35.2 Å². The second-order valence-electron chi connectivity index (χ2n) is 6.65. The number of rotatable bonds is 2. The van der Waals surface area contributed by atoms with Gasteiger partial charge < -0.3 is 9.88 Å². The van der Waals surface area contributed by atoms with Gasteiger partial charge in [-0.05, 0) is 58.1 Å². The predicted molar refractivity (Wildman–Crippen MR) is 85.5 cm³/mol. The Morgan fingerprint density at radius 2 is 1.90 bits per heavy atom. The molecule has 2 aliphatic rings. The number of aromatic amines is 1. The zero-order chi connectivity index (χ0) is 14.2. The number of nitrogens with zero attached hydrogens (tertiary/aromatic N) is 3. The van der Waals surface area contributed by atoms with E-state index in [0.29, 0.717) is 5.92 Å². The predicted octanol–water partition coefficient (Wildman–Crippen LogP) is 2.45. The molecule has 2 aromatic rings. The Labute approximate surface area is 126 Å². The van der Waals surface area contributed by atoms with Crippen molar-refractivity contribution in [2.75, 3.05) is 33.2 Å². The van der Waals surface area contributed by atoms with Gasteiger partial charge in [-0.2, -0.15) is 0 Å². The van der Waals surface area contributed by atoms with E-state index in [-0.39, 0.29) is 0 Å². The third kappa shape index (κ3) is 2.58. The molecule has 1 unspecified atom stereocenters. The molecule has 0 aliphatic carbocycles. The van der Waals surface area contributed by atoms with E-state index >= 15 is 0 Å². The Hall–Kier alpha value is -1.39. The molecular formula is C17H24N4. The number of piperidine rings is 1. The van der Waals surface area contributed by atoms with Gasteiger partial charge >= 0.3 is 0 Å². The van der Waals surface area contributed by atoms with Crippen molar-refractivity contribution in [3.8, 4) is 0 Å². The third-order valence-electron chi connectivity index (χ3n) is 5.22. The highest BCUT2D eigenvalue weighted by atomic mass is 15.2. The molecule has 0 bridgehead atoms. The Bertz CT molecular complexity index is 579. The highest BCUT2D eigenvalue weighted by Gasteiger charge is 2.31. The van der Waals surface area contributed by atoms with E-state index in [1.807, 2.05) is 0 Å². The molecule has 4 heteroatoms. The van der Waals surface area contributed by atoms with E-state index in [1.165, 1.54) is 56.8 Å². The number of aromatic nitrogens is 2. The van der Waals surface area contributed by atoms with E-state index in [1.54, 1.807) is 0 Å². The van der Waals surface area contributed by atoms with Gasteiger partial charge in [0.1, 0.15) is 5.82 Å². The second-order valence-corrected chi connectivity index (χ2v) is 6.65. The molecular weight excluding hydrogens is 260 g/mol. The number of likely N-dealkylation sites (tertiary alicyclic amines) is 2. The van der Waals surface area contributed by atoms with Crippen LogP contribution in [0.5, 0.6) is 0 Å². The number of benzene rings is 1. The fraction of sp³-hybridized carbons (Fsp3) is 0.588. The van der Waals surface area contributed by atoms with Gasteiger partial charge in [0.25, 0.3) is 0 Å². The molecule has 1 aromatic carbocycles. The van der Waals surface area contributed by atoms with Crippen molar-refractivity contribution in [3.05, 3.63) is 30.1 Å². The molecule has 3 heterocycles. The highest BCUT2D eigenvalue weighted by molar-refractivity contribution is 5.74. The van der Waals surface area contributed by atoms with E-state index < -0.39 is 0 Å². The lowest BCUT2D eigenvalue weighted by atomic mass is 10.0. The summed E-state index contributed by atoms with van der Waals surface area (Å²) in [5, 5.41) is 0. The van der Waals surface area contributed by atoms with E-state index in [4.69, 9.17) is 4.98 Å². The zero-order valence-electron chi connectivity index (χ0n) is 12.8.